The zero-order valence-electron chi connectivity index (χ0n) is 12.1. The maximum atomic E-state index is 10.1. The van der Waals surface area contributed by atoms with E-state index in [0.717, 1.165) is 5.56 Å². The Hall–Kier alpha value is -1.10. The van der Waals surface area contributed by atoms with Gasteiger partial charge in [0.2, 0.25) is 0 Å². The average Bonchev–Trinajstić information content (AvgIpc) is 2.85. The summed E-state index contributed by atoms with van der Waals surface area (Å²) in [5.74, 6) is 0. The van der Waals surface area contributed by atoms with Gasteiger partial charge in [-0.1, -0.05) is 28.9 Å². The fraction of sp³-hybridized carbons (Fsp3) is 0.533. The van der Waals surface area contributed by atoms with E-state index in [1.165, 1.54) is 0 Å². The standard InChI is InChI=1S/C15H21ClN2O2/c1-15(2,3)17-9-13(19)12-8-14(20-18-12)10-4-6-11(16)7-5-10/h4-7,13-14,17,19H,8-9H2,1-3H3/t13-,14+/m0/s1. The zero-order valence-corrected chi connectivity index (χ0v) is 12.8. The van der Waals surface area contributed by atoms with Gasteiger partial charge in [0, 0.05) is 23.5 Å². The number of oxime groups is 1. The normalized spacial score (nSPS) is 20.4. The molecule has 2 N–H and O–H groups in total. The minimum atomic E-state index is -0.619. The molecule has 20 heavy (non-hydrogen) atoms. The number of nitrogens with one attached hydrogen (secondary N) is 1. The summed E-state index contributed by atoms with van der Waals surface area (Å²) in [5, 5.41) is 18.1. The molecule has 0 saturated carbocycles. The van der Waals surface area contributed by atoms with Crippen LogP contribution in [-0.4, -0.2) is 29.0 Å². The van der Waals surface area contributed by atoms with E-state index in [-0.39, 0.29) is 11.6 Å². The largest absolute Gasteiger partial charge is 0.387 e. The Balaban J connectivity index is 1.89. The van der Waals surface area contributed by atoms with Crippen LogP contribution >= 0.6 is 11.6 Å². The summed E-state index contributed by atoms with van der Waals surface area (Å²) in [6, 6.07) is 7.50. The highest BCUT2D eigenvalue weighted by atomic mass is 35.5. The van der Waals surface area contributed by atoms with Gasteiger partial charge in [0.15, 0.2) is 6.10 Å². The van der Waals surface area contributed by atoms with Crippen molar-refractivity contribution in [1.29, 1.82) is 0 Å². The van der Waals surface area contributed by atoms with E-state index < -0.39 is 6.10 Å². The van der Waals surface area contributed by atoms with E-state index in [4.69, 9.17) is 16.4 Å². The Morgan fingerprint density at radius 2 is 2.05 bits per heavy atom. The summed E-state index contributed by atoms with van der Waals surface area (Å²) in [6.45, 7) is 6.65. The SMILES string of the molecule is CC(C)(C)NC[C@H](O)C1=NO[C@@H](c2ccc(Cl)cc2)C1. The average molecular weight is 297 g/mol. The van der Waals surface area contributed by atoms with Crippen LogP contribution in [0, 0.1) is 0 Å². The highest BCUT2D eigenvalue weighted by Gasteiger charge is 2.27. The molecule has 1 heterocycles. The van der Waals surface area contributed by atoms with E-state index in [0.29, 0.717) is 23.7 Å². The molecule has 2 rings (SSSR count). The molecule has 0 amide bonds. The third kappa shape index (κ3) is 4.20. The molecule has 1 aromatic rings. The van der Waals surface area contributed by atoms with Crippen LogP contribution in [0.1, 0.15) is 38.9 Å². The molecule has 0 spiro atoms. The van der Waals surface area contributed by atoms with Gasteiger partial charge in [-0.25, -0.2) is 0 Å². The first-order valence-electron chi connectivity index (χ1n) is 6.76. The Labute approximate surface area is 124 Å². The minimum absolute atomic E-state index is 0.0312. The smallest absolute Gasteiger partial charge is 0.158 e. The number of benzene rings is 1. The predicted molar refractivity (Wildman–Crippen MR) is 81.1 cm³/mol. The van der Waals surface area contributed by atoms with E-state index >= 15 is 0 Å². The lowest BCUT2D eigenvalue weighted by Gasteiger charge is -2.22. The summed E-state index contributed by atoms with van der Waals surface area (Å²) in [6.07, 6.45) is -0.146. The van der Waals surface area contributed by atoms with Crippen molar-refractivity contribution in [2.45, 2.75) is 44.9 Å². The van der Waals surface area contributed by atoms with Crippen molar-refractivity contribution < 1.29 is 9.94 Å². The van der Waals surface area contributed by atoms with Gasteiger partial charge in [-0.3, -0.25) is 0 Å². The van der Waals surface area contributed by atoms with Crippen LogP contribution in [0.15, 0.2) is 29.4 Å². The number of aliphatic hydroxyl groups is 1. The van der Waals surface area contributed by atoms with E-state index in [1.807, 2.05) is 24.3 Å². The number of hydrogen-bond donors (Lipinski definition) is 2. The maximum Gasteiger partial charge on any atom is 0.158 e. The summed E-state index contributed by atoms with van der Waals surface area (Å²) >= 11 is 5.86. The molecule has 1 aliphatic rings. The molecule has 1 aliphatic heterocycles. The number of halogens is 1. The van der Waals surface area contributed by atoms with Crippen molar-refractivity contribution in [3.8, 4) is 0 Å². The molecule has 0 bridgehead atoms. The third-order valence-corrected chi connectivity index (χ3v) is 3.40. The Bertz CT molecular complexity index is 480. The zero-order chi connectivity index (χ0) is 14.8. The Morgan fingerprint density at radius 3 is 2.65 bits per heavy atom. The molecule has 4 nitrogen and oxygen atoms in total. The number of nitrogens with zero attached hydrogens (tertiary/aromatic N) is 1. The molecule has 0 unspecified atom stereocenters. The van der Waals surface area contributed by atoms with Crippen molar-refractivity contribution in [3.05, 3.63) is 34.9 Å². The second-order valence-electron chi connectivity index (χ2n) is 6.08. The molecule has 0 saturated heterocycles. The topological polar surface area (TPSA) is 53.8 Å². The van der Waals surface area contributed by atoms with Crippen molar-refractivity contribution in [2.75, 3.05) is 6.54 Å². The molecular weight excluding hydrogens is 276 g/mol. The molecule has 0 aromatic heterocycles. The molecule has 1 aromatic carbocycles. The molecule has 2 atom stereocenters. The Kier molecular flexibility index (Phi) is 4.68. The number of hydrogen-bond acceptors (Lipinski definition) is 4. The van der Waals surface area contributed by atoms with Crippen LogP contribution in [-0.2, 0) is 4.84 Å². The van der Waals surface area contributed by atoms with Gasteiger partial charge >= 0.3 is 0 Å². The third-order valence-electron chi connectivity index (χ3n) is 3.14. The maximum absolute atomic E-state index is 10.1. The number of aliphatic hydroxyl groups excluding tert-OH is 1. The van der Waals surface area contributed by atoms with Crippen molar-refractivity contribution >= 4 is 17.3 Å². The summed E-state index contributed by atoms with van der Waals surface area (Å²) in [4.78, 5) is 5.40. The molecular formula is C15H21ClN2O2. The lowest BCUT2D eigenvalue weighted by atomic mass is 10.0. The predicted octanol–water partition coefficient (Wildman–Crippen LogP) is 2.91. The van der Waals surface area contributed by atoms with Crippen molar-refractivity contribution in [2.24, 2.45) is 5.16 Å². The van der Waals surface area contributed by atoms with Gasteiger partial charge in [0.25, 0.3) is 0 Å². The van der Waals surface area contributed by atoms with Crippen LogP contribution < -0.4 is 5.32 Å². The monoisotopic (exact) mass is 296 g/mol. The molecule has 0 fully saturated rings. The summed E-state index contributed by atoms with van der Waals surface area (Å²) < 4.78 is 0. The second-order valence-corrected chi connectivity index (χ2v) is 6.52. The molecule has 0 aliphatic carbocycles. The van der Waals surface area contributed by atoms with Crippen LogP contribution in [0.3, 0.4) is 0 Å². The number of β-amino-alcohol motifs (C(OH)–C–C–N with tert-alkyl or cyclic N) is 1. The lowest BCUT2D eigenvalue weighted by Crippen LogP contribution is -2.43. The highest BCUT2D eigenvalue weighted by molar-refractivity contribution is 6.30. The van der Waals surface area contributed by atoms with E-state index in [2.05, 4.69) is 31.2 Å². The molecule has 0 radical (unpaired) electrons. The minimum Gasteiger partial charge on any atom is -0.387 e. The molecule has 5 heteroatoms. The van der Waals surface area contributed by atoms with Crippen molar-refractivity contribution in [1.82, 2.24) is 5.32 Å². The lowest BCUT2D eigenvalue weighted by molar-refractivity contribution is 0.0855. The van der Waals surface area contributed by atoms with Gasteiger partial charge in [-0.15, -0.1) is 0 Å². The van der Waals surface area contributed by atoms with Gasteiger partial charge in [0.1, 0.15) is 6.10 Å². The first-order chi connectivity index (χ1) is 9.35. The van der Waals surface area contributed by atoms with Gasteiger partial charge in [-0.2, -0.15) is 0 Å². The Morgan fingerprint density at radius 1 is 1.40 bits per heavy atom. The fourth-order valence-electron chi connectivity index (χ4n) is 1.97. The van der Waals surface area contributed by atoms with Crippen LogP contribution in [0.4, 0.5) is 0 Å². The van der Waals surface area contributed by atoms with Gasteiger partial charge in [-0.05, 0) is 38.5 Å². The number of rotatable bonds is 4. The van der Waals surface area contributed by atoms with Crippen LogP contribution in [0.25, 0.3) is 0 Å². The van der Waals surface area contributed by atoms with E-state index in [1.54, 1.807) is 0 Å². The second kappa shape index (κ2) is 6.12. The van der Waals surface area contributed by atoms with Crippen LogP contribution in [0.2, 0.25) is 5.02 Å². The van der Waals surface area contributed by atoms with E-state index in [9.17, 15) is 5.11 Å². The summed E-state index contributed by atoms with van der Waals surface area (Å²) in [5.41, 5.74) is 1.67. The summed E-state index contributed by atoms with van der Waals surface area (Å²) in [7, 11) is 0. The van der Waals surface area contributed by atoms with Crippen molar-refractivity contribution in [3.63, 3.8) is 0 Å². The van der Waals surface area contributed by atoms with Gasteiger partial charge in [0.05, 0.1) is 5.71 Å². The van der Waals surface area contributed by atoms with Gasteiger partial charge < -0.3 is 15.3 Å². The highest BCUT2D eigenvalue weighted by Crippen LogP contribution is 2.28. The quantitative estimate of drug-likeness (QED) is 0.898. The van der Waals surface area contributed by atoms with Crippen LogP contribution in [0.5, 0.6) is 0 Å². The first kappa shape index (κ1) is 15.3. The first-order valence-corrected chi connectivity index (χ1v) is 7.14. The fourth-order valence-corrected chi connectivity index (χ4v) is 2.10. The molecule has 110 valence electrons.